The number of rotatable bonds is 9. The van der Waals surface area contributed by atoms with Gasteiger partial charge in [-0.05, 0) is 38.3 Å². The standard InChI is InChI=1S/C20H27N3O2S/c1-3-4-5-8-14(2)21-18(24)13-26-20-22-17-10-7-6-9-16(17)19(25)23(20)15-11-12-15/h6-7,9-10,14-15H,3-5,8,11-13H2,1-2H3,(H,21,24). The summed E-state index contributed by atoms with van der Waals surface area (Å²) in [4.78, 5) is 29.7. The normalized spacial score (nSPS) is 15.2. The molecule has 5 nitrogen and oxygen atoms in total. The Balaban J connectivity index is 1.68. The molecular formula is C20H27N3O2S. The summed E-state index contributed by atoms with van der Waals surface area (Å²) >= 11 is 1.36. The number of fused-ring (bicyclic) bond motifs is 1. The molecule has 1 amide bonds. The van der Waals surface area contributed by atoms with Gasteiger partial charge in [-0.25, -0.2) is 4.98 Å². The van der Waals surface area contributed by atoms with Crippen molar-refractivity contribution < 1.29 is 4.79 Å². The smallest absolute Gasteiger partial charge is 0.262 e. The summed E-state index contributed by atoms with van der Waals surface area (Å²) in [5.41, 5.74) is 0.708. The molecule has 0 spiro atoms. The van der Waals surface area contributed by atoms with Crippen LogP contribution in [0.1, 0.15) is 58.4 Å². The van der Waals surface area contributed by atoms with Crippen LogP contribution in [0.4, 0.5) is 0 Å². The largest absolute Gasteiger partial charge is 0.353 e. The number of unbranched alkanes of at least 4 members (excludes halogenated alkanes) is 2. The van der Waals surface area contributed by atoms with Crippen LogP contribution in [0.3, 0.4) is 0 Å². The van der Waals surface area contributed by atoms with Gasteiger partial charge in [0.25, 0.3) is 5.56 Å². The highest BCUT2D eigenvalue weighted by atomic mass is 32.2. The third-order valence-electron chi connectivity index (χ3n) is 4.67. The van der Waals surface area contributed by atoms with Gasteiger partial charge in [0.2, 0.25) is 5.91 Å². The molecule has 1 unspecified atom stereocenters. The van der Waals surface area contributed by atoms with Gasteiger partial charge in [-0.3, -0.25) is 14.2 Å². The van der Waals surface area contributed by atoms with E-state index in [2.05, 4.69) is 17.2 Å². The molecule has 1 atom stereocenters. The monoisotopic (exact) mass is 373 g/mol. The molecule has 1 N–H and O–H groups in total. The number of nitrogens with zero attached hydrogens (tertiary/aromatic N) is 2. The molecule has 1 aliphatic rings. The predicted octanol–water partition coefficient (Wildman–Crippen LogP) is 3.91. The van der Waals surface area contributed by atoms with Gasteiger partial charge in [-0.1, -0.05) is 50.1 Å². The Morgan fingerprint density at radius 1 is 1.35 bits per heavy atom. The fourth-order valence-electron chi connectivity index (χ4n) is 3.10. The maximum atomic E-state index is 12.8. The van der Waals surface area contributed by atoms with E-state index in [9.17, 15) is 9.59 Å². The molecule has 0 bridgehead atoms. The average Bonchev–Trinajstić information content (AvgIpc) is 3.45. The van der Waals surface area contributed by atoms with Crippen molar-refractivity contribution in [2.75, 3.05) is 5.75 Å². The maximum absolute atomic E-state index is 12.8. The predicted molar refractivity (Wildman–Crippen MR) is 107 cm³/mol. The number of carbonyl (C=O) groups is 1. The second-order valence-electron chi connectivity index (χ2n) is 7.07. The van der Waals surface area contributed by atoms with Crippen LogP contribution >= 0.6 is 11.8 Å². The van der Waals surface area contributed by atoms with Crippen molar-refractivity contribution in [3.63, 3.8) is 0 Å². The van der Waals surface area contributed by atoms with Crippen LogP contribution in [0.2, 0.25) is 0 Å². The van der Waals surface area contributed by atoms with Crippen molar-refractivity contribution >= 4 is 28.6 Å². The zero-order valence-corrected chi connectivity index (χ0v) is 16.3. The maximum Gasteiger partial charge on any atom is 0.262 e. The Hall–Kier alpha value is -1.82. The first-order valence-electron chi connectivity index (χ1n) is 9.53. The lowest BCUT2D eigenvalue weighted by Crippen LogP contribution is -2.34. The fourth-order valence-corrected chi connectivity index (χ4v) is 3.98. The molecule has 1 aliphatic carbocycles. The Morgan fingerprint density at radius 3 is 2.85 bits per heavy atom. The van der Waals surface area contributed by atoms with Crippen molar-refractivity contribution in [2.45, 2.75) is 69.6 Å². The Morgan fingerprint density at radius 2 is 2.12 bits per heavy atom. The van der Waals surface area contributed by atoms with Crippen LogP contribution < -0.4 is 10.9 Å². The molecule has 1 fully saturated rings. The summed E-state index contributed by atoms with van der Waals surface area (Å²) in [5.74, 6) is 0.291. The quantitative estimate of drug-likeness (QED) is 0.411. The second kappa shape index (κ2) is 8.71. The number of benzene rings is 1. The summed E-state index contributed by atoms with van der Waals surface area (Å²) in [6.45, 7) is 4.22. The lowest BCUT2D eigenvalue weighted by atomic mass is 10.1. The first-order valence-corrected chi connectivity index (χ1v) is 10.5. The summed E-state index contributed by atoms with van der Waals surface area (Å²) in [5, 5.41) is 4.36. The minimum absolute atomic E-state index is 0.00348. The van der Waals surface area contributed by atoms with Gasteiger partial charge in [0.05, 0.1) is 16.7 Å². The zero-order valence-electron chi connectivity index (χ0n) is 15.5. The molecule has 1 aromatic heterocycles. The van der Waals surface area contributed by atoms with E-state index in [4.69, 9.17) is 0 Å². The van der Waals surface area contributed by atoms with E-state index in [0.29, 0.717) is 16.1 Å². The molecule has 0 aliphatic heterocycles. The molecule has 1 aromatic carbocycles. The number of carbonyl (C=O) groups excluding carboxylic acids is 1. The molecule has 3 rings (SSSR count). The SMILES string of the molecule is CCCCCC(C)NC(=O)CSc1nc2ccccc2c(=O)n1C1CC1. The zero-order chi connectivity index (χ0) is 18.5. The van der Waals surface area contributed by atoms with Gasteiger partial charge >= 0.3 is 0 Å². The number of amides is 1. The molecule has 26 heavy (non-hydrogen) atoms. The van der Waals surface area contributed by atoms with E-state index >= 15 is 0 Å². The Labute approximate surface area is 158 Å². The van der Waals surface area contributed by atoms with E-state index < -0.39 is 0 Å². The van der Waals surface area contributed by atoms with Crippen LogP contribution in [0.5, 0.6) is 0 Å². The summed E-state index contributed by atoms with van der Waals surface area (Å²) in [6, 6.07) is 7.84. The number of hydrogen-bond donors (Lipinski definition) is 1. The third-order valence-corrected chi connectivity index (χ3v) is 5.62. The van der Waals surface area contributed by atoms with Crippen LogP contribution in [-0.2, 0) is 4.79 Å². The molecular weight excluding hydrogens is 346 g/mol. The Bertz CT molecular complexity index is 829. The minimum Gasteiger partial charge on any atom is -0.353 e. The number of hydrogen-bond acceptors (Lipinski definition) is 4. The second-order valence-corrected chi connectivity index (χ2v) is 8.01. The van der Waals surface area contributed by atoms with Gasteiger partial charge in [0, 0.05) is 12.1 Å². The van der Waals surface area contributed by atoms with Gasteiger partial charge in [0.15, 0.2) is 5.16 Å². The van der Waals surface area contributed by atoms with Crippen LogP contribution in [0.15, 0.2) is 34.2 Å². The van der Waals surface area contributed by atoms with E-state index in [-0.39, 0.29) is 29.3 Å². The first kappa shape index (κ1) is 19.0. The van der Waals surface area contributed by atoms with Crippen LogP contribution in [0.25, 0.3) is 10.9 Å². The van der Waals surface area contributed by atoms with Crippen LogP contribution in [0, 0.1) is 0 Å². The van der Waals surface area contributed by atoms with Gasteiger partial charge in [-0.15, -0.1) is 0 Å². The number of nitrogens with one attached hydrogen (secondary N) is 1. The fraction of sp³-hybridized carbons (Fsp3) is 0.550. The number of aromatic nitrogens is 2. The Kier molecular flexibility index (Phi) is 6.35. The van der Waals surface area contributed by atoms with Crippen molar-refractivity contribution in [1.82, 2.24) is 14.9 Å². The molecule has 0 radical (unpaired) electrons. The molecule has 1 heterocycles. The first-order chi connectivity index (χ1) is 12.6. The van der Waals surface area contributed by atoms with Crippen molar-refractivity contribution in [1.29, 1.82) is 0 Å². The topological polar surface area (TPSA) is 64.0 Å². The van der Waals surface area contributed by atoms with Crippen molar-refractivity contribution in [3.05, 3.63) is 34.6 Å². The van der Waals surface area contributed by atoms with E-state index in [1.165, 1.54) is 24.6 Å². The highest BCUT2D eigenvalue weighted by Gasteiger charge is 2.28. The summed E-state index contributed by atoms with van der Waals surface area (Å²) < 4.78 is 1.78. The van der Waals surface area contributed by atoms with Gasteiger partial charge in [0.1, 0.15) is 0 Å². The highest BCUT2D eigenvalue weighted by Crippen LogP contribution is 2.36. The average molecular weight is 374 g/mol. The van der Waals surface area contributed by atoms with E-state index in [1.54, 1.807) is 4.57 Å². The molecule has 140 valence electrons. The summed E-state index contributed by atoms with van der Waals surface area (Å²) in [7, 11) is 0. The lowest BCUT2D eigenvalue weighted by molar-refractivity contribution is -0.119. The van der Waals surface area contributed by atoms with E-state index in [0.717, 1.165) is 25.7 Å². The lowest BCUT2D eigenvalue weighted by Gasteiger charge is -2.15. The highest BCUT2D eigenvalue weighted by molar-refractivity contribution is 7.99. The van der Waals surface area contributed by atoms with E-state index in [1.807, 2.05) is 31.2 Å². The molecule has 6 heteroatoms. The van der Waals surface area contributed by atoms with Crippen molar-refractivity contribution in [2.24, 2.45) is 0 Å². The molecule has 2 aromatic rings. The van der Waals surface area contributed by atoms with Gasteiger partial charge in [-0.2, -0.15) is 0 Å². The number of para-hydroxylation sites is 1. The minimum atomic E-state index is 0.00348. The summed E-state index contributed by atoms with van der Waals surface area (Å²) in [6.07, 6.45) is 6.54. The number of thioether (sulfide) groups is 1. The third kappa shape index (κ3) is 4.67. The molecule has 1 saturated carbocycles. The van der Waals surface area contributed by atoms with Crippen LogP contribution in [-0.4, -0.2) is 27.3 Å². The van der Waals surface area contributed by atoms with Crippen molar-refractivity contribution in [3.8, 4) is 0 Å². The molecule has 0 saturated heterocycles. The van der Waals surface area contributed by atoms with Gasteiger partial charge < -0.3 is 5.32 Å².